The van der Waals surface area contributed by atoms with Gasteiger partial charge in [-0.2, -0.15) is 0 Å². The van der Waals surface area contributed by atoms with Crippen LogP contribution >= 0.6 is 11.3 Å². The molecule has 2 aromatic rings. The number of carbonyl (C=O) groups excluding carboxylic acids is 1. The van der Waals surface area contributed by atoms with Crippen LogP contribution in [0.1, 0.15) is 38.3 Å². The van der Waals surface area contributed by atoms with Crippen LogP contribution in [0.15, 0.2) is 36.4 Å². The van der Waals surface area contributed by atoms with E-state index < -0.39 is 15.3 Å². The molecule has 2 atom stereocenters. The number of anilines is 1. The Hall–Kier alpha value is -1.90. The minimum absolute atomic E-state index is 0.0647. The minimum Gasteiger partial charge on any atom is -0.391 e. The van der Waals surface area contributed by atoms with E-state index in [1.54, 1.807) is 13.8 Å². The molecule has 1 aliphatic rings. The monoisotopic (exact) mass is 393 g/mol. The second-order valence-electron chi connectivity index (χ2n) is 6.73. The topological polar surface area (TPSA) is 101 Å². The fourth-order valence-electron chi connectivity index (χ4n) is 2.95. The number of nitrogen functional groups attached to an aromatic ring is 1. The molecule has 0 unspecified atom stereocenters. The highest BCUT2D eigenvalue weighted by atomic mass is 32.2. The van der Waals surface area contributed by atoms with Crippen LogP contribution < -0.4 is 15.8 Å². The number of thiophene rings is 1. The average molecular weight is 394 g/mol. The van der Waals surface area contributed by atoms with Gasteiger partial charge in [0.1, 0.15) is 0 Å². The molecule has 1 saturated heterocycles. The van der Waals surface area contributed by atoms with Crippen LogP contribution in [0.4, 0.5) is 5.00 Å². The van der Waals surface area contributed by atoms with E-state index in [0.717, 1.165) is 21.0 Å². The van der Waals surface area contributed by atoms with E-state index in [4.69, 9.17) is 5.73 Å². The number of rotatable bonds is 5. The number of piperidine rings is 1. The lowest BCUT2D eigenvalue weighted by molar-refractivity contribution is -0.123. The predicted octanol–water partition coefficient (Wildman–Crippen LogP) is 2.64. The van der Waals surface area contributed by atoms with Gasteiger partial charge in [0.25, 0.3) is 0 Å². The van der Waals surface area contributed by atoms with Crippen LogP contribution in [0.2, 0.25) is 0 Å². The summed E-state index contributed by atoms with van der Waals surface area (Å²) in [5.41, 5.74) is 7.70. The Morgan fingerprint density at radius 1 is 1.19 bits per heavy atom. The third kappa shape index (κ3) is 4.08. The van der Waals surface area contributed by atoms with Crippen molar-refractivity contribution in [3.63, 3.8) is 0 Å². The quantitative estimate of drug-likeness (QED) is 0.727. The van der Waals surface area contributed by atoms with E-state index in [1.807, 2.05) is 36.4 Å². The molecule has 0 radical (unpaired) electrons. The zero-order valence-corrected chi connectivity index (χ0v) is 16.4. The van der Waals surface area contributed by atoms with E-state index in [9.17, 15) is 13.2 Å². The Kier molecular flexibility index (Phi) is 5.36. The second-order valence-corrected chi connectivity index (χ2v) is 10.1. The maximum atomic E-state index is 12.3. The summed E-state index contributed by atoms with van der Waals surface area (Å²) in [5.74, 6) is -0.0647. The standard InChI is InChI=1S/C18H23N3O3S2/c1-11(2)26(23,24)21-14-7-10-17(22)20-18(14)13-5-3-12(4-6-13)15-8-9-16(19)25-15/h3-6,8-9,11,14,18,21H,7,10,19H2,1-2H3,(H,20,22)/t14-,18+/m1/s1. The van der Waals surface area contributed by atoms with Crippen LogP contribution in [-0.2, 0) is 14.8 Å². The van der Waals surface area contributed by atoms with Crippen LogP contribution in [0, 0.1) is 0 Å². The van der Waals surface area contributed by atoms with E-state index in [2.05, 4.69) is 10.0 Å². The molecule has 1 amide bonds. The summed E-state index contributed by atoms with van der Waals surface area (Å²) in [6, 6.07) is 10.9. The molecule has 1 aliphatic heterocycles. The van der Waals surface area contributed by atoms with Crippen molar-refractivity contribution in [1.29, 1.82) is 0 Å². The summed E-state index contributed by atoms with van der Waals surface area (Å²) in [4.78, 5) is 13.0. The fourth-order valence-corrected chi connectivity index (χ4v) is 4.68. The number of benzene rings is 1. The first-order valence-electron chi connectivity index (χ1n) is 8.52. The molecular weight excluding hydrogens is 370 g/mol. The van der Waals surface area contributed by atoms with Crippen molar-refractivity contribution in [2.45, 2.75) is 44.0 Å². The predicted molar refractivity (Wildman–Crippen MR) is 105 cm³/mol. The lowest BCUT2D eigenvalue weighted by Gasteiger charge is -2.33. The molecule has 8 heteroatoms. The molecule has 2 heterocycles. The van der Waals surface area contributed by atoms with Crippen LogP contribution in [0.3, 0.4) is 0 Å². The molecule has 1 aromatic heterocycles. The van der Waals surface area contributed by atoms with Gasteiger partial charge in [0.15, 0.2) is 0 Å². The van der Waals surface area contributed by atoms with Gasteiger partial charge in [-0.1, -0.05) is 24.3 Å². The SMILES string of the molecule is CC(C)S(=O)(=O)N[C@@H]1CCC(=O)N[C@H]1c1ccc(-c2ccc(N)s2)cc1. The molecule has 1 fully saturated rings. The van der Waals surface area contributed by atoms with Gasteiger partial charge in [-0.25, -0.2) is 13.1 Å². The number of carbonyl (C=O) groups is 1. The Balaban J connectivity index is 1.85. The number of sulfonamides is 1. The number of nitrogens with two attached hydrogens (primary N) is 1. The number of hydrogen-bond acceptors (Lipinski definition) is 5. The Labute approximate surface area is 157 Å². The van der Waals surface area contributed by atoms with E-state index in [-0.39, 0.29) is 18.0 Å². The summed E-state index contributed by atoms with van der Waals surface area (Å²) in [6.45, 7) is 3.28. The average Bonchev–Trinajstić information content (AvgIpc) is 3.03. The van der Waals surface area contributed by atoms with Crippen molar-refractivity contribution in [2.75, 3.05) is 5.73 Å². The molecule has 0 saturated carbocycles. The van der Waals surface area contributed by atoms with E-state index in [1.165, 1.54) is 11.3 Å². The fraction of sp³-hybridized carbons (Fsp3) is 0.389. The molecule has 6 nitrogen and oxygen atoms in total. The van der Waals surface area contributed by atoms with E-state index in [0.29, 0.717) is 12.8 Å². The summed E-state index contributed by atoms with van der Waals surface area (Å²) in [7, 11) is -3.42. The van der Waals surface area contributed by atoms with Gasteiger partial charge < -0.3 is 11.1 Å². The first-order chi connectivity index (χ1) is 12.3. The minimum atomic E-state index is -3.42. The van der Waals surface area contributed by atoms with Crippen LogP contribution in [0.5, 0.6) is 0 Å². The highest BCUT2D eigenvalue weighted by Crippen LogP contribution is 2.32. The molecule has 0 bridgehead atoms. The van der Waals surface area contributed by atoms with Crippen LogP contribution in [-0.4, -0.2) is 25.6 Å². The highest BCUT2D eigenvalue weighted by Gasteiger charge is 2.33. The number of hydrogen-bond donors (Lipinski definition) is 3. The zero-order valence-electron chi connectivity index (χ0n) is 14.7. The Bertz CT molecular complexity index is 889. The molecule has 0 spiro atoms. The van der Waals surface area contributed by atoms with Crippen molar-refractivity contribution in [2.24, 2.45) is 0 Å². The maximum Gasteiger partial charge on any atom is 0.220 e. The summed E-state index contributed by atoms with van der Waals surface area (Å²) in [6.07, 6.45) is 0.792. The third-order valence-corrected chi connectivity index (χ3v) is 7.35. The molecule has 140 valence electrons. The number of nitrogens with one attached hydrogen (secondary N) is 2. The summed E-state index contributed by atoms with van der Waals surface area (Å²) in [5, 5.41) is 3.16. The van der Waals surface area contributed by atoms with Gasteiger partial charge in [0.05, 0.1) is 16.3 Å². The largest absolute Gasteiger partial charge is 0.391 e. The van der Waals surface area contributed by atoms with Gasteiger partial charge in [-0.3, -0.25) is 4.79 Å². The smallest absolute Gasteiger partial charge is 0.220 e. The molecule has 4 N–H and O–H groups in total. The first kappa shape index (κ1) is 18.9. The van der Waals surface area contributed by atoms with Crippen molar-refractivity contribution in [3.05, 3.63) is 42.0 Å². The highest BCUT2D eigenvalue weighted by molar-refractivity contribution is 7.90. The Morgan fingerprint density at radius 3 is 2.46 bits per heavy atom. The van der Waals surface area contributed by atoms with Gasteiger partial charge >= 0.3 is 0 Å². The van der Waals surface area contributed by atoms with Gasteiger partial charge in [-0.15, -0.1) is 11.3 Å². The van der Waals surface area contributed by atoms with Crippen molar-refractivity contribution in [3.8, 4) is 10.4 Å². The molecule has 3 rings (SSSR count). The summed E-state index contributed by atoms with van der Waals surface area (Å²) < 4.78 is 27.3. The van der Waals surface area contributed by atoms with Crippen molar-refractivity contribution in [1.82, 2.24) is 10.0 Å². The van der Waals surface area contributed by atoms with Gasteiger partial charge in [0, 0.05) is 17.3 Å². The molecule has 1 aromatic carbocycles. The van der Waals surface area contributed by atoms with Crippen molar-refractivity contribution < 1.29 is 13.2 Å². The molecule has 0 aliphatic carbocycles. The lowest BCUT2D eigenvalue weighted by atomic mass is 9.92. The maximum absolute atomic E-state index is 12.3. The zero-order chi connectivity index (χ0) is 18.9. The van der Waals surface area contributed by atoms with Crippen molar-refractivity contribution >= 4 is 32.3 Å². The van der Waals surface area contributed by atoms with Gasteiger partial charge in [0.2, 0.25) is 15.9 Å². The third-order valence-electron chi connectivity index (χ3n) is 4.52. The first-order valence-corrected chi connectivity index (χ1v) is 10.9. The van der Waals surface area contributed by atoms with E-state index >= 15 is 0 Å². The molecular formula is C18H23N3O3S2. The number of amides is 1. The second kappa shape index (κ2) is 7.38. The van der Waals surface area contributed by atoms with Gasteiger partial charge in [-0.05, 0) is 43.5 Å². The normalized spacial score (nSPS) is 21.0. The summed E-state index contributed by atoms with van der Waals surface area (Å²) >= 11 is 1.51. The molecule has 26 heavy (non-hydrogen) atoms. The Morgan fingerprint density at radius 2 is 1.88 bits per heavy atom. The lowest BCUT2D eigenvalue weighted by Crippen LogP contribution is -2.51. The van der Waals surface area contributed by atoms with Crippen LogP contribution in [0.25, 0.3) is 10.4 Å².